The molecular formula is C50H56O10S5. The number of sulfone groups is 1. The first-order valence-corrected chi connectivity index (χ1v) is 26.3. The molecule has 65 heavy (non-hydrogen) atoms. The van der Waals surface area contributed by atoms with Gasteiger partial charge in [0.1, 0.15) is 11.5 Å². The number of terminal acetylenes is 5. The van der Waals surface area contributed by atoms with Gasteiger partial charge >= 0.3 is 10.4 Å². The van der Waals surface area contributed by atoms with E-state index in [1.54, 1.807) is 55.5 Å². The van der Waals surface area contributed by atoms with E-state index in [-0.39, 0.29) is 31.1 Å². The molecule has 0 saturated carbocycles. The zero-order chi connectivity index (χ0) is 48.9. The van der Waals surface area contributed by atoms with Crippen LogP contribution in [0.1, 0.15) is 85.2 Å². The Kier molecular flexibility index (Phi) is 27.2. The Balaban J connectivity index is 0.000000411. The minimum absolute atomic E-state index is 0.0463. The van der Waals surface area contributed by atoms with Crippen LogP contribution < -0.4 is 4.18 Å². The Labute approximate surface area is 395 Å². The lowest BCUT2D eigenvalue weighted by molar-refractivity contribution is 0.279. The first kappa shape index (κ1) is 57.6. The second kappa shape index (κ2) is 30.7. The van der Waals surface area contributed by atoms with Gasteiger partial charge in [0.25, 0.3) is 10.1 Å². The lowest BCUT2D eigenvalue weighted by atomic mass is 10.2. The molecule has 3 aromatic rings. The summed E-state index contributed by atoms with van der Waals surface area (Å²) in [6, 6.07) is 18.2. The molecule has 0 fully saturated rings. The standard InChI is InChI=1S/C12H14O3S.C11H12O4S.C9H10O2S.C9H10OS.C9H10S/c1-3-4-9-15-16(13,14)10-12-7-5-11(2)6-8-12;1-3-4-9-14-16(12,13)15-11-7-5-10(2)6-8-11;1-3-4-5-9-7-6-8(2)12(9,10)11;1-3-4-5-9-7-6-8(2)11(9)10;1-3-4-5-9-7-6-8(2)10-9/h1,5-8H,4,9-10H2,2H3;1,5-8H,4,9H2,2H3;1,6-7H,4-5H2,2H3;1,6-7H,4-5H2,2H3;1,6-7H,4-5H2,2H3. The highest BCUT2D eigenvalue weighted by Gasteiger charge is 2.23. The molecule has 1 unspecified atom stereocenters. The quantitative estimate of drug-likeness (QED) is 0.0772. The third-order valence-corrected chi connectivity index (χ3v) is 15.0. The van der Waals surface area contributed by atoms with Gasteiger partial charge in [-0.25, -0.2) is 16.8 Å². The molecule has 0 spiro atoms. The highest BCUT2D eigenvalue weighted by atomic mass is 32.3. The summed E-state index contributed by atoms with van der Waals surface area (Å²) in [6.07, 6.45) is 37.1. The fourth-order valence-corrected chi connectivity index (χ4v) is 9.79. The number of benzene rings is 2. The summed E-state index contributed by atoms with van der Waals surface area (Å²) in [5.41, 5.74) is 2.82. The molecule has 346 valence electrons. The summed E-state index contributed by atoms with van der Waals surface area (Å²) in [5.74, 6) is 12.3. The van der Waals surface area contributed by atoms with Gasteiger partial charge in [-0.15, -0.1) is 73.1 Å². The van der Waals surface area contributed by atoms with E-state index in [9.17, 15) is 29.5 Å². The summed E-state index contributed by atoms with van der Waals surface area (Å²) in [5, 5.41) is 0. The maximum absolute atomic E-state index is 11.5. The van der Waals surface area contributed by atoms with E-state index in [2.05, 4.69) is 57.0 Å². The van der Waals surface area contributed by atoms with Gasteiger partial charge in [-0.1, -0.05) is 47.5 Å². The van der Waals surface area contributed by atoms with Crippen LogP contribution in [0.2, 0.25) is 0 Å². The summed E-state index contributed by atoms with van der Waals surface area (Å²) >= 11 is 1.83. The number of thiophene rings is 1. The summed E-state index contributed by atoms with van der Waals surface area (Å²) in [4.78, 5) is 5.51. The van der Waals surface area contributed by atoms with Crippen molar-refractivity contribution in [2.24, 2.45) is 0 Å². The van der Waals surface area contributed by atoms with Gasteiger partial charge in [-0.3, -0.25) is 4.18 Å². The fourth-order valence-electron chi connectivity index (χ4n) is 4.83. The van der Waals surface area contributed by atoms with Gasteiger partial charge in [-0.05, 0) is 108 Å². The monoisotopic (exact) mass is 976 g/mol. The molecule has 3 heterocycles. The van der Waals surface area contributed by atoms with E-state index in [0.29, 0.717) is 41.1 Å². The average molecular weight is 977 g/mol. The van der Waals surface area contributed by atoms with Gasteiger partial charge in [0.2, 0.25) is 0 Å². The molecule has 15 heteroatoms. The van der Waals surface area contributed by atoms with Crippen molar-refractivity contribution < 1.29 is 42.0 Å². The third-order valence-electron chi connectivity index (χ3n) is 8.32. The minimum Gasteiger partial charge on any atom is -0.362 e. The smallest absolute Gasteiger partial charge is 0.362 e. The first-order valence-electron chi connectivity index (χ1n) is 20.0. The van der Waals surface area contributed by atoms with Crippen LogP contribution in [-0.4, -0.2) is 42.7 Å². The van der Waals surface area contributed by atoms with Crippen molar-refractivity contribution in [2.75, 3.05) is 13.2 Å². The van der Waals surface area contributed by atoms with Crippen molar-refractivity contribution in [2.45, 2.75) is 91.7 Å². The minimum atomic E-state index is -4.02. The van der Waals surface area contributed by atoms with Crippen molar-refractivity contribution in [3.05, 3.63) is 131 Å². The van der Waals surface area contributed by atoms with Crippen LogP contribution in [0.15, 0.2) is 105 Å². The normalized spacial score (nSPS) is 14.2. The Morgan fingerprint density at radius 3 is 1.62 bits per heavy atom. The van der Waals surface area contributed by atoms with Gasteiger partial charge in [0, 0.05) is 61.5 Å². The third kappa shape index (κ3) is 24.5. The SMILES string of the molecule is C#CCCC1=CC=C(C)S1(=O)=O.C#CCCC1=CC=C(C)S1=O.C#CCCOS(=O)(=O)Cc1ccc(C)cc1.C#CCCOS(=O)(=O)Oc1ccc(C)cc1.C#CCCc1ccc(C)s1. The van der Waals surface area contributed by atoms with E-state index in [0.717, 1.165) is 40.2 Å². The molecule has 2 aliphatic rings. The van der Waals surface area contributed by atoms with Gasteiger partial charge < -0.3 is 4.18 Å². The van der Waals surface area contributed by atoms with Crippen LogP contribution >= 0.6 is 11.3 Å². The second-order valence-electron chi connectivity index (χ2n) is 13.8. The van der Waals surface area contributed by atoms with E-state index in [4.69, 9.17) is 36.3 Å². The van der Waals surface area contributed by atoms with Crippen molar-refractivity contribution in [3.8, 4) is 67.5 Å². The molecule has 2 aromatic carbocycles. The molecule has 10 nitrogen and oxygen atoms in total. The topological polar surface area (TPSA) is 147 Å². The number of rotatable bonds is 16. The highest BCUT2D eigenvalue weighted by Crippen LogP contribution is 2.27. The first-order chi connectivity index (χ1) is 30.7. The Morgan fingerprint density at radius 1 is 0.615 bits per heavy atom. The van der Waals surface area contributed by atoms with Crippen molar-refractivity contribution >= 4 is 52.5 Å². The molecule has 0 bridgehead atoms. The maximum Gasteiger partial charge on any atom is 0.449 e. The molecule has 1 aromatic heterocycles. The molecule has 0 aliphatic carbocycles. The van der Waals surface area contributed by atoms with Crippen LogP contribution in [0.4, 0.5) is 0 Å². The second-order valence-corrected chi connectivity index (χ2v) is 21.9. The van der Waals surface area contributed by atoms with Crippen LogP contribution in [0.5, 0.6) is 5.75 Å². The van der Waals surface area contributed by atoms with E-state index >= 15 is 0 Å². The van der Waals surface area contributed by atoms with Crippen LogP contribution in [0.3, 0.4) is 0 Å². The molecule has 0 N–H and O–H groups in total. The number of aryl methyl sites for hydroxylation is 4. The molecular weight excluding hydrogens is 921 g/mol. The lowest BCUT2D eigenvalue weighted by Crippen LogP contribution is -2.13. The Hall–Kier alpha value is -5.38. The molecule has 5 rings (SSSR count). The Bertz CT molecular complexity index is 2610. The molecule has 0 radical (unpaired) electrons. The van der Waals surface area contributed by atoms with Crippen molar-refractivity contribution in [1.82, 2.24) is 0 Å². The summed E-state index contributed by atoms with van der Waals surface area (Å²) in [6.45, 7) is 9.38. The van der Waals surface area contributed by atoms with Crippen molar-refractivity contribution in [3.63, 3.8) is 0 Å². The van der Waals surface area contributed by atoms with E-state index in [1.807, 2.05) is 56.4 Å². The highest BCUT2D eigenvalue weighted by molar-refractivity contribution is 7.99. The zero-order valence-electron chi connectivity index (χ0n) is 37.4. The molecule has 0 amide bonds. The number of hydrogen-bond donors (Lipinski definition) is 0. The van der Waals surface area contributed by atoms with Gasteiger partial charge in [0.15, 0.2) is 9.84 Å². The van der Waals surface area contributed by atoms with E-state index < -0.39 is 41.2 Å². The molecule has 2 aliphatic heterocycles. The maximum atomic E-state index is 11.5. The molecule has 0 saturated heterocycles. The molecule has 1 atom stereocenters. The predicted octanol–water partition coefficient (Wildman–Crippen LogP) is 9.71. The average Bonchev–Trinajstić information content (AvgIpc) is 3.91. The predicted molar refractivity (Wildman–Crippen MR) is 266 cm³/mol. The summed E-state index contributed by atoms with van der Waals surface area (Å²) < 4.78 is 93.5. The van der Waals surface area contributed by atoms with E-state index in [1.165, 1.54) is 9.75 Å². The van der Waals surface area contributed by atoms with Crippen LogP contribution in [0, 0.1) is 82.5 Å². The van der Waals surface area contributed by atoms with Crippen LogP contribution in [0.25, 0.3) is 0 Å². The van der Waals surface area contributed by atoms with Gasteiger partial charge in [0.05, 0.1) is 24.0 Å². The Morgan fingerprint density at radius 2 is 1.14 bits per heavy atom. The van der Waals surface area contributed by atoms with Crippen molar-refractivity contribution in [1.29, 1.82) is 0 Å². The lowest BCUT2D eigenvalue weighted by Gasteiger charge is -2.05. The summed E-state index contributed by atoms with van der Waals surface area (Å²) in [7, 11) is -11.5. The largest absolute Gasteiger partial charge is 0.449 e. The number of hydrogen-bond acceptors (Lipinski definition) is 11. The fraction of sp³-hybridized carbons (Fsp3) is 0.320. The van der Waals surface area contributed by atoms with Gasteiger partial charge in [-0.2, -0.15) is 16.8 Å². The zero-order valence-corrected chi connectivity index (χ0v) is 41.5. The van der Waals surface area contributed by atoms with Crippen LogP contribution in [-0.2, 0) is 61.7 Å². The number of allylic oxidation sites excluding steroid dienone is 8.